The van der Waals surface area contributed by atoms with Crippen molar-refractivity contribution in [3.63, 3.8) is 0 Å². The molecule has 0 bridgehead atoms. The molecule has 0 radical (unpaired) electrons. The lowest BCUT2D eigenvalue weighted by Gasteiger charge is -2.15. The molecule has 0 aromatic heterocycles. The molecule has 8 rings (SSSR count). The van der Waals surface area contributed by atoms with E-state index in [1.165, 1.54) is 84.9 Å². The average molecular weight is 979 g/mol. The van der Waals surface area contributed by atoms with Crippen LogP contribution in [0.4, 0.5) is 0 Å². The van der Waals surface area contributed by atoms with E-state index in [9.17, 15) is 46.0 Å². The standard InChI is InChI=1S/C56H50O16/c1-33-2-41(57)20-50(3-33)66-32-40-15-54(70-29-37-7-44(60)18-45(61)8-37)25-55(16-40)71-31-39-10-47(63)22-53(14-39)69-30-38-9-46(62)21-52(13-38)68-26-34-4-35(27-72-56-23-48(64)19-49(65)24-56)12-51(11-34)67-28-36-5-42(58)17-43(59)6-36/h2-25,57-65H,26-32H2,1H3. The van der Waals surface area contributed by atoms with Crippen LogP contribution in [0.5, 0.6) is 92.0 Å². The summed E-state index contributed by atoms with van der Waals surface area (Å²) in [5.74, 6) is 1.67. The fourth-order valence-electron chi connectivity index (χ4n) is 7.59. The average Bonchev–Trinajstić information content (AvgIpc) is 3.30. The molecule has 0 aliphatic carbocycles. The zero-order chi connectivity index (χ0) is 50.7. The van der Waals surface area contributed by atoms with E-state index >= 15 is 0 Å². The minimum atomic E-state index is -0.170. The predicted molar refractivity (Wildman–Crippen MR) is 262 cm³/mol. The Morgan fingerprint density at radius 3 is 0.722 bits per heavy atom. The molecule has 0 saturated carbocycles. The summed E-state index contributed by atoms with van der Waals surface area (Å²) >= 11 is 0. The molecule has 0 heterocycles. The van der Waals surface area contributed by atoms with Crippen molar-refractivity contribution in [3.05, 3.63) is 190 Å². The SMILES string of the molecule is Cc1cc(O)cc(OCc2cc(OCc3cc(O)cc(O)c3)cc(OCc3cc(O)cc(OCc4cc(O)cc(OCc5cc(COc6cc(O)cc(O)c6)cc(OCc6cc(O)cc(O)c6)c5)c4)c3)c2)c1. The summed E-state index contributed by atoms with van der Waals surface area (Å²) in [6.07, 6.45) is 0. The van der Waals surface area contributed by atoms with Crippen molar-refractivity contribution in [2.45, 2.75) is 53.2 Å². The molecule has 0 atom stereocenters. The highest BCUT2D eigenvalue weighted by molar-refractivity contribution is 5.45. The molecule has 8 aromatic carbocycles. The maximum absolute atomic E-state index is 10.7. The third-order valence-corrected chi connectivity index (χ3v) is 10.5. The molecular formula is C56H50O16. The summed E-state index contributed by atoms with van der Waals surface area (Å²) < 4.78 is 42.3. The van der Waals surface area contributed by atoms with Gasteiger partial charge in [-0.2, -0.15) is 0 Å². The Bertz CT molecular complexity index is 2750. The van der Waals surface area contributed by atoms with Crippen LogP contribution in [0.25, 0.3) is 0 Å². The summed E-state index contributed by atoms with van der Waals surface area (Å²) in [5, 5.41) is 91.1. The summed E-state index contributed by atoms with van der Waals surface area (Å²) in [7, 11) is 0. The van der Waals surface area contributed by atoms with Gasteiger partial charge in [-0.05, 0) is 142 Å². The third kappa shape index (κ3) is 14.5. The molecule has 9 N–H and O–H groups in total. The Morgan fingerprint density at radius 1 is 0.208 bits per heavy atom. The number of aryl methyl sites for hydroxylation is 1. The molecule has 72 heavy (non-hydrogen) atoms. The second-order valence-corrected chi connectivity index (χ2v) is 16.9. The second kappa shape index (κ2) is 22.3. The van der Waals surface area contributed by atoms with Crippen LogP contribution < -0.4 is 33.2 Å². The molecule has 8 aromatic rings. The van der Waals surface area contributed by atoms with Crippen LogP contribution in [-0.4, -0.2) is 46.0 Å². The molecule has 0 unspecified atom stereocenters. The quantitative estimate of drug-likeness (QED) is 0.0325. The van der Waals surface area contributed by atoms with E-state index in [0.29, 0.717) is 73.4 Å². The van der Waals surface area contributed by atoms with Crippen molar-refractivity contribution in [3.8, 4) is 92.0 Å². The van der Waals surface area contributed by atoms with Gasteiger partial charge in [0.05, 0.1) is 0 Å². The molecule has 16 heteroatoms. The van der Waals surface area contributed by atoms with Crippen LogP contribution in [-0.2, 0) is 46.2 Å². The molecular weight excluding hydrogens is 929 g/mol. The molecule has 0 spiro atoms. The molecule has 370 valence electrons. The largest absolute Gasteiger partial charge is 0.508 e. The van der Waals surface area contributed by atoms with Crippen LogP contribution in [0.3, 0.4) is 0 Å². The van der Waals surface area contributed by atoms with Crippen LogP contribution >= 0.6 is 0 Å². The number of hydrogen-bond acceptors (Lipinski definition) is 16. The predicted octanol–water partition coefficient (Wildman–Crippen LogP) is 10.4. The van der Waals surface area contributed by atoms with Crippen LogP contribution in [0.2, 0.25) is 0 Å². The zero-order valence-corrected chi connectivity index (χ0v) is 38.7. The number of phenolic OH excluding ortho intramolecular Hbond substituents is 9. The lowest BCUT2D eigenvalue weighted by molar-refractivity contribution is 0.278. The zero-order valence-electron chi connectivity index (χ0n) is 38.7. The Morgan fingerprint density at radius 2 is 0.403 bits per heavy atom. The lowest BCUT2D eigenvalue weighted by Crippen LogP contribution is -2.03. The van der Waals surface area contributed by atoms with E-state index in [0.717, 1.165) is 5.56 Å². The highest BCUT2D eigenvalue weighted by atomic mass is 16.5. The number of phenols is 9. The van der Waals surface area contributed by atoms with Gasteiger partial charge >= 0.3 is 0 Å². The molecule has 16 nitrogen and oxygen atoms in total. The van der Waals surface area contributed by atoms with Crippen molar-refractivity contribution < 1.29 is 79.1 Å². The fourth-order valence-corrected chi connectivity index (χ4v) is 7.59. The first-order valence-corrected chi connectivity index (χ1v) is 22.3. The van der Waals surface area contributed by atoms with Crippen molar-refractivity contribution in [2.24, 2.45) is 0 Å². The van der Waals surface area contributed by atoms with E-state index in [2.05, 4.69) is 0 Å². The van der Waals surface area contributed by atoms with Gasteiger partial charge in [-0.3, -0.25) is 0 Å². The van der Waals surface area contributed by atoms with Crippen molar-refractivity contribution in [2.75, 3.05) is 0 Å². The molecule has 0 fully saturated rings. The van der Waals surface area contributed by atoms with E-state index in [1.807, 2.05) is 13.0 Å². The van der Waals surface area contributed by atoms with Gasteiger partial charge in [0.25, 0.3) is 0 Å². The topological polar surface area (TPSA) is 247 Å². The van der Waals surface area contributed by atoms with Gasteiger partial charge in [0.15, 0.2) is 0 Å². The summed E-state index contributed by atoms with van der Waals surface area (Å²) in [6.45, 7) is 1.99. The number of hydrogen-bond donors (Lipinski definition) is 9. The monoisotopic (exact) mass is 978 g/mol. The first kappa shape index (κ1) is 49.0. The molecule has 0 aliphatic rings. The molecule has 0 aliphatic heterocycles. The molecule has 0 saturated heterocycles. The van der Waals surface area contributed by atoms with Gasteiger partial charge in [0.1, 0.15) is 138 Å². The maximum atomic E-state index is 10.7. The van der Waals surface area contributed by atoms with Gasteiger partial charge in [-0.15, -0.1) is 0 Å². The summed E-state index contributed by atoms with van der Waals surface area (Å²) in [6, 6.07) is 36.9. The minimum absolute atomic E-state index is 0.00373. The van der Waals surface area contributed by atoms with Gasteiger partial charge in [-0.1, -0.05) is 0 Å². The second-order valence-electron chi connectivity index (χ2n) is 16.9. The number of aromatic hydroxyl groups is 9. The van der Waals surface area contributed by atoms with Crippen molar-refractivity contribution in [1.82, 2.24) is 0 Å². The number of ether oxygens (including phenoxy) is 7. The van der Waals surface area contributed by atoms with Gasteiger partial charge in [-0.25, -0.2) is 0 Å². The van der Waals surface area contributed by atoms with E-state index in [4.69, 9.17) is 33.2 Å². The van der Waals surface area contributed by atoms with Crippen molar-refractivity contribution >= 4 is 0 Å². The first-order valence-electron chi connectivity index (χ1n) is 22.3. The Labute approximate surface area is 413 Å². The maximum Gasteiger partial charge on any atom is 0.127 e. The van der Waals surface area contributed by atoms with Crippen LogP contribution in [0.1, 0.15) is 44.5 Å². The summed E-state index contributed by atoms with van der Waals surface area (Å²) in [4.78, 5) is 0. The van der Waals surface area contributed by atoms with Crippen LogP contribution in [0.15, 0.2) is 146 Å². The van der Waals surface area contributed by atoms with E-state index in [1.54, 1.807) is 54.6 Å². The molecule has 0 amide bonds. The van der Waals surface area contributed by atoms with E-state index in [-0.39, 0.29) is 104 Å². The Hall–Kier alpha value is -9.44. The smallest absolute Gasteiger partial charge is 0.127 e. The number of benzene rings is 8. The van der Waals surface area contributed by atoms with E-state index < -0.39 is 0 Å². The van der Waals surface area contributed by atoms with Crippen molar-refractivity contribution in [1.29, 1.82) is 0 Å². The van der Waals surface area contributed by atoms with Crippen LogP contribution in [0, 0.1) is 6.92 Å². The first-order chi connectivity index (χ1) is 34.6. The third-order valence-electron chi connectivity index (χ3n) is 10.5. The summed E-state index contributed by atoms with van der Waals surface area (Å²) in [5.41, 5.74) is 4.96. The highest BCUT2D eigenvalue weighted by Gasteiger charge is 2.13. The number of rotatable bonds is 21. The Kier molecular flexibility index (Phi) is 15.2. The minimum Gasteiger partial charge on any atom is -0.508 e. The van der Waals surface area contributed by atoms with Gasteiger partial charge < -0.3 is 79.1 Å². The van der Waals surface area contributed by atoms with Gasteiger partial charge in [0.2, 0.25) is 0 Å². The Balaban J connectivity index is 0.926. The fraction of sp³-hybridized carbons (Fsp3) is 0.143. The normalized spacial score (nSPS) is 10.9. The highest BCUT2D eigenvalue weighted by Crippen LogP contribution is 2.33. The lowest BCUT2D eigenvalue weighted by atomic mass is 10.1. The van der Waals surface area contributed by atoms with Gasteiger partial charge in [0, 0.05) is 54.6 Å².